The van der Waals surface area contributed by atoms with Gasteiger partial charge in [-0.15, -0.1) is 0 Å². The number of nitrogens with two attached hydrogens (primary N) is 2. The Morgan fingerprint density at radius 3 is 1.64 bits per heavy atom. The summed E-state index contributed by atoms with van der Waals surface area (Å²) in [6.45, 7) is 0.884. The predicted octanol–water partition coefficient (Wildman–Crippen LogP) is -0.283. The van der Waals surface area contributed by atoms with Crippen molar-refractivity contribution < 1.29 is 0 Å². The van der Waals surface area contributed by atoms with Gasteiger partial charge in [0.2, 0.25) is 0 Å². The van der Waals surface area contributed by atoms with Crippen LogP contribution in [0.5, 0.6) is 0 Å². The number of rotatable bonds is 3. The van der Waals surface area contributed by atoms with E-state index in [0.717, 1.165) is 11.4 Å². The summed E-state index contributed by atoms with van der Waals surface area (Å²) in [6.07, 6.45) is 3.39. The number of hydrogen-bond acceptors (Lipinski definition) is 4. The van der Waals surface area contributed by atoms with Gasteiger partial charge in [0.05, 0.1) is 12.4 Å². The van der Waals surface area contributed by atoms with Crippen LogP contribution < -0.4 is 11.5 Å². The minimum atomic E-state index is 0.442. The van der Waals surface area contributed by atoms with Crippen LogP contribution in [0, 0.1) is 0 Å². The fourth-order valence-corrected chi connectivity index (χ4v) is 1.17. The second kappa shape index (κ2) is 3.60. The lowest BCUT2D eigenvalue weighted by atomic mass is 10.5. The molecule has 74 valence electrons. The third-order valence-electron chi connectivity index (χ3n) is 1.92. The molecule has 0 amide bonds. The van der Waals surface area contributed by atoms with E-state index in [1.165, 1.54) is 0 Å². The Morgan fingerprint density at radius 2 is 1.36 bits per heavy atom. The van der Waals surface area contributed by atoms with Gasteiger partial charge in [0.1, 0.15) is 0 Å². The fourth-order valence-electron chi connectivity index (χ4n) is 1.17. The Morgan fingerprint density at radius 1 is 0.929 bits per heavy atom. The van der Waals surface area contributed by atoms with E-state index in [-0.39, 0.29) is 0 Å². The molecular weight excluding hydrogens is 180 g/mol. The fraction of sp³-hybridized carbons (Fsp3) is 0.250. The molecule has 2 aromatic heterocycles. The van der Waals surface area contributed by atoms with Crippen molar-refractivity contribution >= 4 is 0 Å². The van der Waals surface area contributed by atoms with Gasteiger partial charge in [-0.2, -0.15) is 0 Å². The molecule has 0 spiro atoms. The van der Waals surface area contributed by atoms with Crippen molar-refractivity contribution in [2.24, 2.45) is 11.5 Å². The molecule has 6 N–H and O–H groups in total. The minimum absolute atomic E-state index is 0.442. The average molecular weight is 192 g/mol. The zero-order valence-corrected chi connectivity index (χ0v) is 7.62. The Kier molecular flexibility index (Phi) is 2.30. The van der Waals surface area contributed by atoms with Gasteiger partial charge in [0.25, 0.3) is 0 Å². The summed E-state index contributed by atoms with van der Waals surface area (Å²) in [5, 5.41) is 0. The highest BCUT2D eigenvalue weighted by Gasteiger charge is 2.06. The summed E-state index contributed by atoms with van der Waals surface area (Å²) in [5.74, 6) is 1.37. The third-order valence-corrected chi connectivity index (χ3v) is 1.92. The van der Waals surface area contributed by atoms with Gasteiger partial charge in [-0.05, 0) is 0 Å². The monoisotopic (exact) mass is 192 g/mol. The van der Waals surface area contributed by atoms with Crippen molar-refractivity contribution in [3.8, 4) is 11.6 Å². The average Bonchev–Trinajstić information content (AvgIpc) is 2.86. The number of hydrogen-bond donors (Lipinski definition) is 4. The molecule has 14 heavy (non-hydrogen) atoms. The number of aromatic nitrogens is 4. The van der Waals surface area contributed by atoms with Crippen LogP contribution in [0.25, 0.3) is 11.6 Å². The number of nitrogens with zero attached hydrogens (tertiary/aromatic N) is 2. The summed E-state index contributed by atoms with van der Waals surface area (Å²) in [7, 11) is 0. The van der Waals surface area contributed by atoms with Crippen LogP contribution in [-0.2, 0) is 13.1 Å². The number of aromatic amines is 2. The van der Waals surface area contributed by atoms with Crippen LogP contribution in [0.3, 0.4) is 0 Å². The molecule has 2 heterocycles. The molecule has 0 aliphatic heterocycles. The molecule has 0 atom stereocenters. The van der Waals surface area contributed by atoms with E-state index in [2.05, 4.69) is 19.9 Å². The molecule has 0 aromatic carbocycles. The second-order valence-corrected chi connectivity index (χ2v) is 2.92. The maximum atomic E-state index is 5.45. The maximum absolute atomic E-state index is 5.45. The molecule has 2 aromatic rings. The topological polar surface area (TPSA) is 109 Å². The summed E-state index contributed by atoms with van der Waals surface area (Å²) >= 11 is 0. The highest BCUT2D eigenvalue weighted by Crippen LogP contribution is 2.10. The van der Waals surface area contributed by atoms with Crippen LogP contribution in [0.1, 0.15) is 11.4 Å². The lowest BCUT2D eigenvalue weighted by molar-refractivity contribution is 1.00. The molecule has 6 heteroatoms. The van der Waals surface area contributed by atoms with Crippen molar-refractivity contribution in [2.75, 3.05) is 0 Å². The number of nitrogens with one attached hydrogen (secondary N) is 2. The van der Waals surface area contributed by atoms with E-state index in [1.54, 1.807) is 12.4 Å². The van der Waals surface area contributed by atoms with Gasteiger partial charge >= 0.3 is 0 Å². The van der Waals surface area contributed by atoms with Gasteiger partial charge in [-0.3, -0.25) is 0 Å². The molecule has 0 saturated carbocycles. The highest BCUT2D eigenvalue weighted by molar-refractivity contribution is 5.43. The minimum Gasteiger partial charge on any atom is -0.338 e. The van der Waals surface area contributed by atoms with Crippen molar-refractivity contribution in [3.63, 3.8) is 0 Å². The van der Waals surface area contributed by atoms with Crippen LogP contribution >= 0.6 is 0 Å². The summed E-state index contributed by atoms with van der Waals surface area (Å²) < 4.78 is 0. The zero-order valence-electron chi connectivity index (χ0n) is 7.62. The Bertz CT molecular complexity index is 375. The third kappa shape index (κ3) is 1.52. The molecular formula is C8H12N6. The molecule has 0 unspecified atom stereocenters. The first-order chi connectivity index (χ1) is 6.83. The standard InChI is InChI=1S/C8H12N6/c9-1-5-3-11-7(13-5)8-12-4-6(2-10)14-8/h3-4H,1-2,9-10H2,(H,11,13)(H,12,14). The van der Waals surface area contributed by atoms with E-state index in [9.17, 15) is 0 Å². The van der Waals surface area contributed by atoms with Crippen LogP contribution in [0.2, 0.25) is 0 Å². The quantitative estimate of drug-likeness (QED) is 0.536. The van der Waals surface area contributed by atoms with E-state index in [4.69, 9.17) is 11.5 Å². The molecule has 0 aliphatic carbocycles. The van der Waals surface area contributed by atoms with E-state index in [0.29, 0.717) is 24.7 Å². The second-order valence-electron chi connectivity index (χ2n) is 2.92. The van der Waals surface area contributed by atoms with Crippen LogP contribution in [0.15, 0.2) is 12.4 Å². The lowest BCUT2D eigenvalue weighted by Crippen LogP contribution is -1.96. The summed E-state index contributed by atoms with van der Waals surface area (Å²) in [5.41, 5.74) is 12.7. The molecule has 0 radical (unpaired) electrons. The van der Waals surface area contributed by atoms with Gasteiger partial charge < -0.3 is 21.4 Å². The molecule has 0 saturated heterocycles. The Hall–Kier alpha value is -1.66. The first-order valence-corrected chi connectivity index (χ1v) is 4.31. The van der Waals surface area contributed by atoms with Gasteiger partial charge in [-0.25, -0.2) is 9.97 Å². The van der Waals surface area contributed by atoms with E-state index >= 15 is 0 Å². The normalized spacial score (nSPS) is 10.7. The summed E-state index contributed by atoms with van der Waals surface area (Å²) in [4.78, 5) is 14.4. The molecule has 0 aliphatic rings. The Balaban J connectivity index is 2.29. The molecule has 2 rings (SSSR count). The van der Waals surface area contributed by atoms with Gasteiger partial charge in [0, 0.05) is 24.5 Å². The molecule has 6 nitrogen and oxygen atoms in total. The predicted molar refractivity (Wildman–Crippen MR) is 52.0 cm³/mol. The molecule has 0 fully saturated rings. The van der Waals surface area contributed by atoms with Crippen molar-refractivity contribution in [2.45, 2.75) is 13.1 Å². The Labute approximate surface area is 80.8 Å². The van der Waals surface area contributed by atoms with Crippen molar-refractivity contribution in [1.82, 2.24) is 19.9 Å². The van der Waals surface area contributed by atoms with Gasteiger partial charge in [-0.1, -0.05) is 0 Å². The molecule has 0 bridgehead atoms. The lowest BCUT2D eigenvalue weighted by Gasteiger charge is -1.90. The smallest absolute Gasteiger partial charge is 0.173 e. The zero-order chi connectivity index (χ0) is 9.97. The van der Waals surface area contributed by atoms with Crippen LogP contribution in [-0.4, -0.2) is 19.9 Å². The SMILES string of the molecule is NCc1cnc(-c2ncc(CN)[nH]2)[nH]1. The number of imidazole rings is 2. The van der Waals surface area contributed by atoms with Gasteiger partial charge in [0.15, 0.2) is 11.6 Å². The van der Waals surface area contributed by atoms with Crippen molar-refractivity contribution in [1.29, 1.82) is 0 Å². The first kappa shape index (κ1) is 8.92. The van der Waals surface area contributed by atoms with Crippen molar-refractivity contribution in [3.05, 3.63) is 23.8 Å². The first-order valence-electron chi connectivity index (χ1n) is 4.31. The van der Waals surface area contributed by atoms with Crippen LogP contribution in [0.4, 0.5) is 0 Å². The maximum Gasteiger partial charge on any atom is 0.173 e. The van der Waals surface area contributed by atoms with E-state index < -0.39 is 0 Å². The highest BCUT2D eigenvalue weighted by atomic mass is 15.0. The summed E-state index contributed by atoms with van der Waals surface area (Å²) in [6, 6.07) is 0. The van der Waals surface area contributed by atoms with E-state index in [1.807, 2.05) is 0 Å². The largest absolute Gasteiger partial charge is 0.338 e. The number of H-pyrrole nitrogens is 2.